The molecule has 1 unspecified atom stereocenters. The number of Topliss-reactive ketones (excluding diaryl/α,β-unsaturated/α-hetero) is 1. The van der Waals surface area contributed by atoms with Crippen LogP contribution in [-0.2, 0) is 0 Å². The van der Waals surface area contributed by atoms with Gasteiger partial charge in [0.15, 0.2) is 5.78 Å². The van der Waals surface area contributed by atoms with E-state index < -0.39 is 0 Å². The fraction of sp³-hybridized carbons (Fsp3) is 0.500. The van der Waals surface area contributed by atoms with Gasteiger partial charge in [-0.1, -0.05) is 0 Å². The molecule has 1 N–H and O–H groups in total. The van der Waals surface area contributed by atoms with Crippen molar-refractivity contribution in [2.24, 2.45) is 5.92 Å². The van der Waals surface area contributed by atoms with Gasteiger partial charge in [-0.25, -0.2) is 0 Å². The highest BCUT2D eigenvalue weighted by Gasteiger charge is 2.32. The second-order valence-electron chi connectivity index (χ2n) is 5.68. The summed E-state index contributed by atoms with van der Waals surface area (Å²) in [7, 11) is 4.17. The van der Waals surface area contributed by atoms with Gasteiger partial charge in [0.05, 0.1) is 11.3 Å². The summed E-state index contributed by atoms with van der Waals surface area (Å²) in [6, 6.07) is 7.84. The van der Waals surface area contributed by atoms with Crippen molar-refractivity contribution in [3.05, 3.63) is 29.3 Å². The quantitative estimate of drug-likeness (QED) is 0.808. The molecule has 1 aromatic carbocycles. The van der Waals surface area contributed by atoms with E-state index in [0.717, 1.165) is 18.2 Å². The average Bonchev–Trinajstić information content (AvgIpc) is 3.22. The topological polar surface area (TPSA) is 56.1 Å². The van der Waals surface area contributed by atoms with Crippen LogP contribution in [0.15, 0.2) is 18.2 Å². The van der Waals surface area contributed by atoms with Crippen LogP contribution in [0.3, 0.4) is 0 Å². The molecule has 0 heterocycles. The van der Waals surface area contributed by atoms with Crippen LogP contribution in [0.4, 0.5) is 5.69 Å². The van der Waals surface area contributed by atoms with E-state index >= 15 is 0 Å². The predicted molar refractivity (Wildman–Crippen MR) is 79.9 cm³/mol. The second-order valence-corrected chi connectivity index (χ2v) is 5.68. The maximum atomic E-state index is 11.4. The molecule has 1 fully saturated rings. The normalized spacial score (nSPS) is 15.8. The molecule has 0 amide bonds. The SMILES string of the molecule is CC(=O)c1ccc(C#N)c(NCC(C2CC2)N(C)C)c1. The van der Waals surface area contributed by atoms with Gasteiger partial charge in [0.1, 0.15) is 6.07 Å². The molecular formula is C16H21N3O. The van der Waals surface area contributed by atoms with Crippen molar-refractivity contribution in [2.75, 3.05) is 26.0 Å². The maximum absolute atomic E-state index is 11.4. The van der Waals surface area contributed by atoms with Gasteiger partial charge in [0.25, 0.3) is 0 Å². The van der Waals surface area contributed by atoms with Crippen molar-refractivity contribution >= 4 is 11.5 Å². The highest BCUT2D eigenvalue weighted by atomic mass is 16.1. The summed E-state index contributed by atoms with van der Waals surface area (Å²) in [5.74, 6) is 0.767. The first-order valence-electron chi connectivity index (χ1n) is 6.98. The van der Waals surface area contributed by atoms with Gasteiger partial charge in [0.2, 0.25) is 0 Å². The van der Waals surface area contributed by atoms with Crippen LogP contribution >= 0.6 is 0 Å². The molecule has 0 saturated heterocycles. The number of hydrogen-bond donors (Lipinski definition) is 1. The summed E-state index contributed by atoms with van der Waals surface area (Å²) in [6.45, 7) is 2.34. The number of hydrogen-bond acceptors (Lipinski definition) is 4. The summed E-state index contributed by atoms with van der Waals surface area (Å²) >= 11 is 0. The first-order chi connectivity index (χ1) is 9.52. The lowest BCUT2D eigenvalue weighted by Crippen LogP contribution is -2.36. The molecule has 0 bridgehead atoms. The number of benzene rings is 1. The molecule has 0 aliphatic heterocycles. The van der Waals surface area contributed by atoms with Crippen LogP contribution in [0.5, 0.6) is 0 Å². The number of nitrogens with zero attached hydrogens (tertiary/aromatic N) is 2. The van der Waals surface area contributed by atoms with Crippen molar-refractivity contribution in [1.82, 2.24) is 4.90 Å². The minimum Gasteiger partial charge on any atom is -0.382 e. The molecular weight excluding hydrogens is 250 g/mol. The molecule has 4 nitrogen and oxygen atoms in total. The van der Waals surface area contributed by atoms with Crippen LogP contribution in [0.2, 0.25) is 0 Å². The van der Waals surface area contributed by atoms with Gasteiger partial charge >= 0.3 is 0 Å². The van der Waals surface area contributed by atoms with Gasteiger partial charge in [-0.05, 0) is 58.0 Å². The molecule has 1 saturated carbocycles. The number of ketones is 1. The number of carbonyl (C=O) groups is 1. The Hall–Kier alpha value is -1.86. The molecule has 1 aliphatic carbocycles. The lowest BCUT2D eigenvalue weighted by molar-refractivity contribution is 0.101. The Balaban J connectivity index is 2.13. The fourth-order valence-corrected chi connectivity index (χ4v) is 2.47. The highest BCUT2D eigenvalue weighted by molar-refractivity contribution is 5.95. The minimum absolute atomic E-state index is 0.0175. The van der Waals surface area contributed by atoms with E-state index in [1.165, 1.54) is 19.8 Å². The number of nitriles is 1. The van der Waals surface area contributed by atoms with E-state index in [0.29, 0.717) is 17.2 Å². The number of likely N-dealkylation sites (N-methyl/N-ethyl adjacent to an activating group) is 1. The van der Waals surface area contributed by atoms with E-state index in [2.05, 4.69) is 30.4 Å². The van der Waals surface area contributed by atoms with E-state index in [4.69, 9.17) is 5.26 Å². The first-order valence-corrected chi connectivity index (χ1v) is 6.98. The zero-order chi connectivity index (χ0) is 14.7. The Morgan fingerprint density at radius 1 is 1.50 bits per heavy atom. The summed E-state index contributed by atoms with van der Waals surface area (Å²) in [5.41, 5.74) is 1.98. The molecule has 1 aromatic rings. The Kier molecular flexibility index (Phi) is 4.41. The molecule has 1 atom stereocenters. The largest absolute Gasteiger partial charge is 0.382 e. The Bertz CT molecular complexity index is 539. The van der Waals surface area contributed by atoms with Crippen molar-refractivity contribution in [1.29, 1.82) is 5.26 Å². The summed E-state index contributed by atoms with van der Waals surface area (Å²) in [5, 5.41) is 12.5. The lowest BCUT2D eigenvalue weighted by Gasteiger charge is -2.25. The van der Waals surface area contributed by atoms with Crippen LogP contribution in [0.1, 0.15) is 35.7 Å². The number of carbonyl (C=O) groups excluding carboxylic acids is 1. The zero-order valence-corrected chi connectivity index (χ0v) is 12.3. The Morgan fingerprint density at radius 3 is 2.70 bits per heavy atom. The second kappa shape index (κ2) is 6.06. The minimum atomic E-state index is 0.0175. The van der Waals surface area contributed by atoms with E-state index in [1.54, 1.807) is 18.2 Å². The smallest absolute Gasteiger partial charge is 0.159 e. The third-order valence-electron chi connectivity index (χ3n) is 3.88. The first kappa shape index (κ1) is 14.5. The van der Waals surface area contributed by atoms with Crippen molar-refractivity contribution < 1.29 is 4.79 Å². The molecule has 0 radical (unpaired) electrons. The maximum Gasteiger partial charge on any atom is 0.159 e. The van der Waals surface area contributed by atoms with Gasteiger partial charge in [-0.2, -0.15) is 5.26 Å². The molecule has 20 heavy (non-hydrogen) atoms. The third-order valence-corrected chi connectivity index (χ3v) is 3.88. The van der Waals surface area contributed by atoms with Gasteiger partial charge in [-0.3, -0.25) is 4.79 Å². The molecule has 0 aromatic heterocycles. The average molecular weight is 271 g/mol. The van der Waals surface area contributed by atoms with E-state index in [-0.39, 0.29) is 5.78 Å². The molecule has 4 heteroatoms. The predicted octanol–water partition coefficient (Wildman–Crippen LogP) is 2.51. The van der Waals surface area contributed by atoms with Crippen molar-refractivity contribution in [3.8, 4) is 6.07 Å². The third kappa shape index (κ3) is 3.37. The highest BCUT2D eigenvalue weighted by Crippen LogP contribution is 2.34. The van der Waals surface area contributed by atoms with E-state index in [1.807, 2.05) is 0 Å². The molecule has 0 spiro atoms. The number of nitrogens with one attached hydrogen (secondary N) is 1. The van der Waals surface area contributed by atoms with Crippen LogP contribution in [0.25, 0.3) is 0 Å². The van der Waals surface area contributed by atoms with Crippen molar-refractivity contribution in [3.63, 3.8) is 0 Å². The van der Waals surface area contributed by atoms with Gasteiger partial charge in [0, 0.05) is 18.2 Å². The van der Waals surface area contributed by atoms with E-state index in [9.17, 15) is 4.79 Å². The molecule has 106 valence electrons. The van der Waals surface area contributed by atoms with Crippen LogP contribution < -0.4 is 5.32 Å². The number of anilines is 1. The standard InChI is InChI=1S/C16H21N3O/c1-11(20)13-6-7-14(9-17)15(8-13)18-10-16(19(2)3)12-4-5-12/h6-8,12,16,18H,4-5,10H2,1-3H3. The summed E-state index contributed by atoms with van der Waals surface area (Å²) < 4.78 is 0. The van der Waals surface area contributed by atoms with Crippen LogP contribution in [-0.4, -0.2) is 37.4 Å². The van der Waals surface area contributed by atoms with Gasteiger partial charge in [-0.15, -0.1) is 0 Å². The molecule has 2 rings (SSSR count). The monoisotopic (exact) mass is 271 g/mol. The Labute approximate surface area is 120 Å². The number of rotatable bonds is 6. The van der Waals surface area contributed by atoms with Crippen LogP contribution in [0, 0.1) is 17.2 Å². The van der Waals surface area contributed by atoms with Gasteiger partial charge < -0.3 is 10.2 Å². The zero-order valence-electron chi connectivity index (χ0n) is 12.3. The summed E-state index contributed by atoms with van der Waals surface area (Å²) in [6.07, 6.45) is 2.56. The molecule has 1 aliphatic rings. The van der Waals surface area contributed by atoms with Crippen molar-refractivity contribution in [2.45, 2.75) is 25.8 Å². The Morgan fingerprint density at radius 2 is 2.20 bits per heavy atom. The fourth-order valence-electron chi connectivity index (χ4n) is 2.47. The summed E-state index contributed by atoms with van der Waals surface area (Å²) in [4.78, 5) is 13.7. The lowest BCUT2D eigenvalue weighted by atomic mass is 10.1.